The van der Waals surface area contributed by atoms with Crippen LogP contribution in [0.3, 0.4) is 0 Å². The molecular formula is C21H20F3N7O2. The molecule has 5 rings (SSSR count). The van der Waals surface area contributed by atoms with Crippen LogP contribution in [0.25, 0.3) is 33.5 Å². The number of nitrogens with one attached hydrogen (secondary N) is 3. The first-order valence-corrected chi connectivity index (χ1v) is 10.3. The second-order valence-corrected chi connectivity index (χ2v) is 7.95. The Morgan fingerprint density at radius 1 is 1.18 bits per heavy atom. The van der Waals surface area contributed by atoms with Gasteiger partial charge in [0.05, 0.1) is 28.7 Å². The van der Waals surface area contributed by atoms with E-state index >= 15 is 0 Å². The zero-order chi connectivity index (χ0) is 23.2. The quantitative estimate of drug-likeness (QED) is 0.367. The van der Waals surface area contributed by atoms with E-state index in [2.05, 4.69) is 35.7 Å². The van der Waals surface area contributed by atoms with Gasteiger partial charge in [-0.2, -0.15) is 13.2 Å². The molecule has 0 bridgehead atoms. The molecule has 0 spiro atoms. The third-order valence-corrected chi connectivity index (χ3v) is 5.57. The van der Waals surface area contributed by atoms with Crippen LogP contribution in [0.5, 0.6) is 0 Å². The Bertz CT molecular complexity index is 1300. The molecule has 0 radical (unpaired) electrons. The van der Waals surface area contributed by atoms with Crippen molar-refractivity contribution in [3.63, 3.8) is 0 Å². The Morgan fingerprint density at radius 2 is 2.03 bits per heavy atom. The minimum Gasteiger partial charge on any atom is -0.392 e. The van der Waals surface area contributed by atoms with Gasteiger partial charge in [0.15, 0.2) is 0 Å². The average Bonchev–Trinajstić information content (AvgIpc) is 3.38. The molecule has 4 aromatic rings. The van der Waals surface area contributed by atoms with Gasteiger partial charge >= 0.3 is 6.18 Å². The zero-order valence-corrected chi connectivity index (χ0v) is 17.4. The maximum Gasteiger partial charge on any atom is 0.419 e. The van der Waals surface area contributed by atoms with E-state index in [1.807, 2.05) is 0 Å². The largest absolute Gasteiger partial charge is 0.419 e. The molecule has 172 valence electrons. The monoisotopic (exact) mass is 459 g/mol. The fraction of sp³-hybridized carbons (Fsp3) is 0.333. The number of fused-ring (bicyclic) bond motifs is 1. The Morgan fingerprint density at radius 3 is 2.76 bits per heavy atom. The SMILES string of the molecule is Cc1nocc1-c1ccc2c(-c3nc(N[C@@H]4CNC[C@H](O)C4)ncc3C(F)(F)F)c[nH]c2n1. The number of hydrogen-bond acceptors (Lipinski definition) is 8. The van der Waals surface area contributed by atoms with E-state index in [1.54, 1.807) is 19.1 Å². The molecule has 0 unspecified atom stereocenters. The molecule has 1 fully saturated rings. The maximum atomic E-state index is 13.8. The molecule has 2 atom stereocenters. The lowest BCUT2D eigenvalue weighted by atomic mass is 10.0. The highest BCUT2D eigenvalue weighted by Gasteiger charge is 2.36. The summed E-state index contributed by atoms with van der Waals surface area (Å²) in [7, 11) is 0. The highest BCUT2D eigenvalue weighted by Crippen LogP contribution is 2.39. The lowest BCUT2D eigenvalue weighted by molar-refractivity contribution is -0.137. The molecule has 4 aromatic heterocycles. The molecule has 1 aliphatic rings. The summed E-state index contributed by atoms with van der Waals surface area (Å²) in [5.41, 5.74) is 1.39. The first-order valence-electron chi connectivity index (χ1n) is 10.3. The second kappa shape index (κ2) is 8.12. The van der Waals surface area contributed by atoms with Crippen molar-refractivity contribution in [3.05, 3.63) is 42.0 Å². The third kappa shape index (κ3) is 4.14. The standard InChI is InChI=1S/C21H20F3N7O2/c1-10-15(9-33-31-10)17-3-2-13-14(7-26-19(13)29-17)18-16(21(22,23)24)8-27-20(30-18)28-11-4-12(32)6-25-5-11/h2-3,7-9,11-12,25,32H,4-6H2,1H3,(H,26,29)(H,27,28,30)/t11-,12+/m0/s1. The van der Waals surface area contributed by atoms with Gasteiger partial charge in [-0.05, 0) is 25.5 Å². The van der Waals surface area contributed by atoms with Crippen LogP contribution in [-0.2, 0) is 6.18 Å². The molecule has 1 aliphatic heterocycles. The summed E-state index contributed by atoms with van der Waals surface area (Å²) in [5, 5.41) is 20.2. The van der Waals surface area contributed by atoms with Crippen molar-refractivity contribution in [1.82, 2.24) is 30.4 Å². The molecule has 0 aromatic carbocycles. The van der Waals surface area contributed by atoms with E-state index in [0.29, 0.717) is 47.5 Å². The van der Waals surface area contributed by atoms with Gasteiger partial charge in [0.2, 0.25) is 5.95 Å². The van der Waals surface area contributed by atoms with E-state index < -0.39 is 17.8 Å². The van der Waals surface area contributed by atoms with E-state index in [1.165, 1.54) is 12.5 Å². The summed E-state index contributed by atoms with van der Waals surface area (Å²) in [6.45, 7) is 2.78. The molecule has 4 N–H and O–H groups in total. The second-order valence-electron chi connectivity index (χ2n) is 7.95. The summed E-state index contributed by atoms with van der Waals surface area (Å²) in [5.74, 6) is 0.0536. The number of aliphatic hydroxyl groups is 1. The van der Waals surface area contributed by atoms with Crippen LogP contribution in [0.4, 0.5) is 19.1 Å². The molecule has 33 heavy (non-hydrogen) atoms. The number of aromatic amines is 1. The van der Waals surface area contributed by atoms with Crippen molar-refractivity contribution < 1.29 is 22.8 Å². The number of piperidine rings is 1. The van der Waals surface area contributed by atoms with Gasteiger partial charge in [0.25, 0.3) is 0 Å². The minimum atomic E-state index is -4.65. The van der Waals surface area contributed by atoms with Crippen LogP contribution < -0.4 is 10.6 Å². The summed E-state index contributed by atoms with van der Waals surface area (Å²) in [6, 6.07) is 3.17. The summed E-state index contributed by atoms with van der Waals surface area (Å²) in [4.78, 5) is 15.5. The van der Waals surface area contributed by atoms with Crippen LogP contribution >= 0.6 is 0 Å². The van der Waals surface area contributed by atoms with Crippen LogP contribution in [0.1, 0.15) is 17.7 Å². The Kier molecular flexibility index (Phi) is 5.25. The highest BCUT2D eigenvalue weighted by atomic mass is 19.4. The lowest BCUT2D eigenvalue weighted by Gasteiger charge is -2.27. The highest BCUT2D eigenvalue weighted by molar-refractivity contribution is 5.94. The number of rotatable bonds is 4. The number of hydrogen-bond donors (Lipinski definition) is 4. The minimum absolute atomic E-state index is 0.0536. The van der Waals surface area contributed by atoms with Gasteiger partial charge in [0, 0.05) is 42.5 Å². The predicted molar refractivity (Wildman–Crippen MR) is 113 cm³/mol. The average molecular weight is 459 g/mol. The van der Waals surface area contributed by atoms with Crippen molar-refractivity contribution in [1.29, 1.82) is 0 Å². The van der Waals surface area contributed by atoms with Crippen molar-refractivity contribution in [2.24, 2.45) is 0 Å². The number of aryl methyl sites for hydroxylation is 1. The molecular weight excluding hydrogens is 439 g/mol. The number of aliphatic hydroxyl groups excluding tert-OH is 1. The zero-order valence-electron chi connectivity index (χ0n) is 17.4. The van der Waals surface area contributed by atoms with Crippen LogP contribution in [0, 0.1) is 6.92 Å². The Hall–Kier alpha value is -3.51. The molecule has 0 saturated carbocycles. The maximum absolute atomic E-state index is 13.8. The lowest BCUT2D eigenvalue weighted by Crippen LogP contribution is -2.46. The first kappa shape index (κ1) is 21.3. The van der Waals surface area contributed by atoms with E-state index in [9.17, 15) is 18.3 Å². The molecule has 0 aliphatic carbocycles. The van der Waals surface area contributed by atoms with E-state index in [4.69, 9.17) is 4.52 Å². The van der Waals surface area contributed by atoms with Gasteiger partial charge in [-0.1, -0.05) is 5.16 Å². The normalized spacial score (nSPS) is 19.2. The summed E-state index contributed by atoms with van der Waals surface area (Å²) < 4.78 is 46.3. The van der Waals surface area contributed by atoms with Gasteiger partial charge in [-0.3, -0.25) is 0 Å². The number of anilines is 1. The number of β-amino-alcohol motifs (C(OH)–C–C–N with tert-alkyl or cyclic N) is 1. The van der Waals surface area contributed by atoms with E-state index in [0.717, 1.165) is 6.20 Å². The number of halogens is 3. The molecule has 9 nitrogen and oxygen atoms in total. The smallest absolute Gasteiger partial charge is 0.392 e. The topological polar surface area (TPSA) is 125 Å². The Balaban J connectivity index is 1.56. The van der Waals surface area contributed by atoms with E-state index in [-0.39, 0.29) is 23.2 Å². The molecule has 1 saturated heterocycles. The summed E-state index contributed by atoms with van der Waals surface area (Å²) in [6.07, 6.45) is -1.06. The van der Waals surface area contributed by atoms with Crippen molar-refractivity contribution >= 4 is 17.0 Å². The predicted octanol–water partition coefficient (Wildman–Crippen LogP) is 3.14. The van der Waals surface area contributed by atoms with Crippen molar-refractivity contribution in [2.45, 2.75) is 31.7 Å². The molecule has 12 heteroatoms. The van der Waals surface area contributed by atoms with Crippen LogP contribution in [0.2, 0.25) is 0 Å². The summed E-state index contributed by atoms with van der Waals surface area (Å²) >= 11 is 0. The fourth-order valence-corrected chi connectivity index (χ4v) is 3.96. The number of aromatic nitrogens is 5. The number of nitrogens with zero attached hydrogens (tertiary/aromatic N) is 4. The Labute approximate surface area is 185 Å². The third-order valence-electron chi connectivity index (χ3n) is 5.57. The van der Waals surface area contributed by atoms with Crippen LogP contribution in [0.15, 0.2) is 35.3 Å². The fourth-order valence-electron chi connectivity index (χ4n) is 3.96. The molecule has 0 amide bonds. The van der Waals surface area contributed by atoms with Crippen LogP contribution in [-0.4, -0.2) is 55.4 Å². The van der Waals surface area contributed by atoms with Gasteiger partial charge in [-0.25, -0.2) is 15.0 Å². The van der Waals surface area contributed by atoms with Crippen molar-refractivity contribution in [2.75, 3.05) is 18.4 Å². The number of pyridine rings is 1. The number of H-pyrrole nitrogens is 1. The first-order chi connectivity index (χ1) is 15.8. The number of alkyl halides is 3. The van der Waals surface area contributed by atoms with Crippen molar-refractivity contribution in [3.8, 4) is 22.5 Å². The molecule has 5 heterocycles. The van der Waals surface area contributed by atoms with Gasteiger partial charge in [-0.15, -0.1) is 0 Å². The van der Waals surface area contributed by atoms with Gasteiger partial charge < -0.3 is 25.2 Å². The van der Waals surface area contributed by atoms with Gasteiger partial charge in [0.1, 0.15) is 17.5 Å².